The highest BCUT2D eigenvalue weighted by Gasteiger charge is 2.53. The minimum atomic E-state index is -4.39. The number of carbonyl (C=O) groups excluding carboxylic acids is 1. The third-order valence-electron chi connectivity index (χ3n) is 4.02. The number of hydrogen-bond donors (Lipinski definition) is 2. The summed E-state index contributed by atoms with van der Waals surface area (Å²) in [6.07, 6.45) is -2.41. The maximum Gasteiger partial charge on any atom is 0.416 e. The van der Waals surface area contributed by atoms with E-state index in [2.05, 4.69) is 5.32 Å². The zero-order valence-corrected chi connectivity index (χ0v) is 11.2. The molecule has 1 aromatic carbocycles. The molecule has 1 saturated carbocycles. The molecule has 1 saturated heterocycles. The molecule has 1 aliphatic carbocycles. The first-order valence-corrected chi connectivity index (χ1v) is 6.73. The standard InChI is InChI=1S/C14H15F3N2O2/c15-14(16,17)10-3-5-11(6-4-10)18-12(20)19-7-13(21,8-19)9-1-2-9/h3-6,9,21H,1-2,7-8H2,(H,18,20). The number of amides is 2. The highest BCUT2D eigenvalue weighted by atomic mass is 19.4. The number of alkyl halides is 3. The molecule has 1 heterocycles. The zero-order chi connectivity index (χ0) is 15.3. The Kier molecular flexibility index (Phi) is 3.12. The molecule has 114 valence electrons. The Morgan fingerprint density at radius 1 is 1.24 bits per heavy atom. The summed E-state index contributed by atoms with van der Waals surface area (Å²) in [7, 11) is 0. The molecule has 4 nitrogen and oxygen atoms in total. The third kappa shape index (κ3) is 2.83. The number of nitrogens with one attached hydrogen (secondary N) is 1. The molecule has 0 atom stereocenters. The van der Waals surface area contributed by atoms with Crippen LogP contribution in [0.15, 0.2) is 24.3 Å². The Bertz CT molecular complexity index is 546. The van der Waals surface area contributed by atoms with Gasteiger partial charge in [-0.1, -0.05) is 0 Å². The SMILES string of the molecule is O=C(Nc1ccc(C(F)(F)F)cc1)N1CC(O)(C2CC2)C1. The summed E-state index contributed by atoms with van der Waals surface area (Å²) in [5.74, 6) is 0.285. The first-order valence-electron chi connectivity index (χ1n) is 6.73. The topological polar surface area (TPSA) is 52.6 Å². The van der Waals surface area contributed by atoms with Crippen LogP contribution in [-0.4, -0.2) is 34.7 Å². The van der Waals surface area contributed by atoms with Crippen molar-refractivity contribution in [2.75, 3.05) is 18.4 Å². The lowest BCUT2D eigenvalue weighted by molar-refractivity contribution is -0.137. The van der Waals surface area contributed by atoms with Crippen molar-refractivity contribution in [3.8, 4) is 0 Å². The molecular weight excluding hydrogens is 285 g/mol. The maximum atomic E-state index is 12.4. The number of halogens is 3. The van der Waals surface area contributed by atoms with E-state index in [9.17, 15) is 23.1 Å². The molecule has 0 bridgehead atoms. The summed E-state index contributed by atoms with van der Waals surface area (Å²) < 4.78 is 37.3. The van der Waals surface area contributed by atoms with E-state index in [-0.39, 0.29) is 19.0 Å². The average Bonchev–Trinajstić information content (AvgIpc) is 3.19. The van der Waals surface area contributed by atoms with Gasteiger partial charge in [-0.15, -0.1) is 0 Å². The number of β-amino-alcohol motifs (C(OH)–C–C–N with tert-alkyl or cyclic N) is 1. The van der Waals surface area contributed by atoms with E-state index in [1.165, 1.54) is 17.0 Å². The van der Waals surface area contributed by atoms with Gasteiger partial charge in [0.15, 0.2) is 0 Å². The van der Waals surface area contributed by atoms with Crippen LogP contribution in [0, 0.1) is 5.92 Å². The number of urea groups is 1. The highest BCUT2D eigenvalue weighted by Crippen LogP contribution is 2.44. The number of hydrogen-bond acceptors (Lipinski definition) is 2. The fraction of sp³-hybridized carbons (Fsp3) is 0.500. The Labute approximate surface area is 119 Å². The molecule has 2 amide bonds. The van der Waals surface area contributed by atoms with Gasteiger partial charge in [0.2, 0.25) is 0 Å². The number of likely N-dealkylation sites (tertiary alicyclic amines) is 1. The van der Waals surface area contributed by atoms with Gasteiger partial charge >= 0.3 is 12.2 Å². The summed E-state index contributed by atoms with van der Waals surface area (Å²) in [6.45, 7) is 0.564. The number of nitrogens with zero attached hydrogens (tertiary/aromatic N) is 1. The molecule has 2 aliphatic rings. The van der Waals surface area contributed by atoms with E-state index in [0.717, 1.165) is 25.0 Å². The third-order valence-corrected chi connectivity index (χ3v) is 4.02. The quantitative estimate of drug-likeness (QED) is 0.882. The van der Waals surface area contributed by atoms with E-state index < -0.39 is 23.4 Å². The summed E-state index contributed by atoms with van der Waals surface area (Å²) >= 11 is 0. The van der Waals surface area contributed by atoms with Crippen LogP contribution in [0.25, 0.3) is 0 Å². The molecular formula is C14H15F3N2O2. The van der Waals surface area contributed by atoms with Gasteiger partial charge in [-0.25, -0.2) is 4.79 Å². The van der Waals surface area contributed by atoms with Gasteiger partial charge in [-0.2, -0.15) is 13.2 Å². The minimum Gasteiger partial charge on any atom is -0.386 e. The molecule has 1 aliphatic heterocycles. The van der Waals surface area contributed by atoms with Crippen molar-refractivity contribution in [3.05, 3.63) is 29.8 Å². The van der Waals surface area contributed by atoms with Crippen molar-refractivity contribution < 1.29 is 23.1 Å². The van der Waals surface area contributed by atoms with Crippen molar-refractivity contribution >= 4 is 11.7 Å². The fourth-order valence-electron chi connectivity index (χ4n) is 2.58. The van der Waals surface area contributed by atoms with Crippen LogP contribution < -0.4 is 5.32 Å². The second kappa shape index (κ2) is 4.62. The molecule has 3 rings (SSSR count). The van der Waals surface area contributed by atoms with E-state index >= 15 is 0 Å². The summed E-state index contributed by atoms with van der Waals surface area (Å²) in [5.41, 5.74) is -1.22. The van der Waals surface area contributed by atoms with Crippen LogP contribution >= 0.6 is 0 Å². The smallest absolute Gasteiger partial charge is 0.386 e. The minimum absolute atomic E-state index is 0.282. The van der Waals surface area contributed by atoms with Gasteiger partial charge in [-0.05, 0) is 43.0 Å². The Hall–Kier alpha value is -1.76. The fourth-order valence-corrected chi connectivity index (χ4v) is 2.58. The second-order valence-electron chi connectivity index (χ2n) is 5.74. The predicted molar refractivity (Wildman–Crippen MR) is 69.7 cm³/mol. The van der Waals surface area contributed by atoms with Gasteiger partial charge in [0.1, 0.15) is 5.60 Å². The Morgan fingerprint density at radius 2 is 1.81 bits per heavy atom. The Morgan fingerprint density at radius 3 is 2.29 bits per heavy atom. The maximum absolute atomic E-state index is 12.4. The first-order chi connectivity index (χ1) is 9.78. The monoisotopic (exact) mass is 300 g/mol. The lowest BCUT2D eigenvalue weighted by atomic mass is 9.89. The summed E-state index contributed by atoms with van der Waals surface area (Å²) in [5, 5.41) is 12.6. The number of aliphatic hydroxyl groups is 1. The van der Waals surface area contributed by atoms with E-state index in [1.54, 1.807) is 0 Å². The normalized spacial score (nSPS) is 20.9. The lowest BCUT2D eigenvalue weighted by Gasteiger charge is -2.46. The second-order valence-corrected chi connectivity index (χ2v) is 5.74. The average molecular weight is 300 g/mol. The van der Waals surface area contributed by atoms with Gasteiger partial charge in [0.05, 0.1) is 18.7 Å². The van der Waals surface area contributed by atoms with Crippen molar-refractivity contribution in [2.45, 2.75) is 24.6 Å². The summed E-state index contributed by atoms with van der Waals surface area (Å²) in [4.78, 5) is 13.3. The molecule has 2 N–H and O–H groups in total. The molecule has 2 fully saturated rings. The van der Waals surface area contributed by atoms with E-state index in [4.69, 9.17) is 0 Å². The van der Waals surface area contributed by atoms with E-state index in [0.29, 0.717) is 5.69 Å². The zero-order valence-electron chi connectivity index (χ0n) is 11.2. The highest BCUT2D eigenvalue weighted by molar-refractivity contribution is 5.90. The molecule has 1 aromatic rings. The van der Waals surface area contributed by atoms with Crippen LogP contribution in [0.5, 0.6) is 0 Å². The lowest BCUT2D eigenvalue weighted by Crippen LogP contribution is -2.65. The van der Waals surface area contributed by atoms with Crippen LogP contribution in [-0.2, 0) is 6.18 Å². The largest absolute Gasteiger partial charge is 0.416 e. The van der Waals surface area contributed by atoms with Gasteiger partial charge < -0.3 is 15.3 Å². The van der Waals surface area contributed by atoms with Gasteiger partial charge in [0.25, 0.3) is 0 Å². The predicted octanol–water partition coefficient (Wildman–Crippen LogP) is 2.69. The van der Waals surface area contributed by atoms with Crippen molar-refractivity contribution in [2.24, 2.45) is 5.92 Å². The summed E-state index contributed by atoms with van der Waals surface area (Å²) in [6, 6.07) is 3.87. The molecule has 0 aromatic heterocycles. The number of rotatable bonds is 2. The van der Waals surface area contributed by atoms with Gasteiger partial charge in [-0.3, -0.25) is 0 Å². The van der Waals surface area contributed by atoms with Crippen LogP contribution in [0.4, 0.5) is 23.7 Å². The number of anilines is 1. The molecule has 0 radical (unpaired) electrons. The van der Waals surface area contributed by atoms with Crippen molar-refractivity contribution in [3.63, 3.8) is 0 Å². The molecule has 21 heavy (non-hydrogen) atoms. The molecule has 0 unspecified atom stereocenters. The van der Waals surface area contributed by atoms with Crippen molar-refractivity contribution in [1.82, 2.24) is 4.90 Å². The molecule has 0 spiro atoms. The van der Waals surface area contributed by atoms with Crippen molar-refractivity contribution in [1.29, 1.82) is 0 Å². The van der Waals surface area contributed by atoms with Crippen LogP contribution in [0.2, 0.25) is 0 Å². The van der Waals surface area contributed by atoms with Crippen LogP contribution in [0.1, 0.15) is 18.4 Å². The molecule has 7 heteroatoms. The number of carbonyl (C=O) groups is 1. The van der Waals surface area contributed by atoms with Crippen LogP contribution in [0.3, 0.4) is 0 Å². The Balaban J connectivity index is 1.56. The first kappa shape index (κ1) is 14.2. The van der Waals surface area contributed by atoms with E-state index in [1.807, 2.05) is 0 Å². The van der Waals surface area contributed by atoms with Gasteiger partial charge in [0, 0.05) is 5.69 Å². The number of benzene rings is 1.